The minimum atomic E-state index is 1.21. The van der Waals surface area contributed by atoms with Crippen LogP contribution in [0.3, 0.4) is 0 Å². The Labute approximate surface area is 326 Å². The van der Waals surface area contributed by atoms with Crippen molar-refractivity contribution in [2.45, 2.75) is 0 Å². The van der Waals surface area contributed by atoms with Gasteiger partial charge in [-0.15, -0.1) is 0 Å². The molecule has 0 N–H and O–H groups in total. The SMILES string of the molecule is c1ccc(-c2c3ccccc3c(-c3ccc(-c4ccc(-c5c6ccccc6c(-c6ccccc6)c6ccccc56)c5ccccc45)cc3)c3ccccc23)cc1. The lowest BCUT2D eigenvalue weighted by atomic mass is 9.83. The van der Waals surface area contributed by atoms with Crippen LogP contribution in [0.15, 0.2) is 218 Å². The maximum absolute atomic E-state index is 2.35. The van der Waals surface area contributed by atoms with Gasteiger partial charge in [0.05, 0.1) is 0 Å². The molecule has 0 bridgehead atoms. The number of benzene rings is 11. The van der Waals surface area contributed by atoms with Crippen molar-refractivity contribution in [3.8, 4) is 55.6 Å². The van der Waals surface area contributed by atoms with Gasteiger partial charge in [0.15, 0.2) is 0 Å². The van der Waals surface area contributed by atoms with Crippen molar-refractivity contribution < 1.29 is 0 Å². The first-order valence-corrected chi connectivity index (χ1v) is 19.4. The second kappa shape index (κ2) is 13.2. The normalized spacial score (nSPS) is 11.6. The Kier molecular flexibility index (Phi) is 7.60. The van der Waals surface area contributed by atoms with E-state index >= 15 is 0 Å². The van der Waals surface area contributed by atoms with Gasteiger partial charge in [0, 0.05) is 0 Å². The van der Waals surface area contributed by atoms with Gasteiger partial charge in [0.1, 0.15) is 0 Å². The van der Waals surface area contributed by atoms with E-state index in [0.717, 1.165) is 0 Å². The third kappa shape index (κ3) is 5.08. The van der Waals surface area contributed by atoms with E-state index in [-0.39, 0.29) is 0 Å². The van der Waals surface area contributed by atoms with E-state index in [0.29, 0.717) is 0 Å². The molecule has 0 aromatic heterocycles. The average molecular weight is 709 g/mol. The quantitative estimate of drug-likeness (QED) is 0.156. The molecule has 11 rings (SSSR count). The molecule has 0 aliphatic rings. The van der Waals surface area contributed by atoms with Crippen LogP contribution in [0.1, 0.15) is 0 Å². The van der Waals surface area contributed by atoms with Crippen LogP contribution >= 0.6 is 0 Å². The van der Waals surface area contributed by atoms with E-state index in [1.165, 1.54) is 109 Å². The first kappa shape index (κ1) is 32.2. The highest BCUT2D eigenvalue weighted by Gasteiger charge is 2.20. The topological polar surface area (TPSA) is 0 Å². The molecule has 260 valence electrons. The van der Waals surface area contributed by atoms with Gasteiger partial charge in [-0.05, 0) is 109 Å². The van der Waals surface area contributed by atoms with E-state index in [4.69, 9.17) is 0 Å². The van der Waals surface area contributed by atoms with Crippen LogP contribution in [-0.2, 0) is 0 Å². The van der Waals surface area contributed by atoms with Crippen molar-refractivity contribution in [3.05, 3.63) is 218 Å². The summed E-state index contributed by atoms with van der Waals surface area (Å²) in [6, 6.07) is 80.1. The predicted octanol–water partition coefficient (Wildman–Crippen LogP) is 15.8. The van der Waals surface area contributed by atoms with Gasteiger partial charge in [-0.3, -0.25) is 0 Å². The molecule has 0 aliphatic carbocycles. The van der Waals surface area contributed by atoms with Gasteiger partial charge in [0.25, 0.3) is 0 Å². The number of hydrogen-bond donors (Lipinski definition) is 0. The molecule has 0 amide bonds. The molecule has 0 nitrogen and oxygen atoms in total. The fourth-order valence-electron chi connectivity index (χ4n) is 9.27. The van der Waals surface area contributed by atoms with Gasteiger partial charge in [-0.25, -0.2) is 0 Å². The molecule has 56 heavy (non-hydrogen) atoms. The summed E-state index contributed by atoms with van der Waals surface area (Å²) in [5.74, 6) is 0. The lowest BCUT2D eigenvalue weighted by molar-refractivity contribution is 1.63. The minimum Gasteiger partial charge on any atom is -0.0622 e. The second-order valence-electron chi connectivity index (χ2n) is 14.7. The molecule has 0 fully saturated rings. The van der Waals surface area contributed by atoms with E-state index in [1.54, 1.807) is 0 Å². The van der Waals surface area contributed by atoms with Gasteiger partial charge in [0.2, 0.25) is 0 Å². The molecule has 0 saturated carbocycles. The summed E-state index contributed by atoms with van der Waals surface area (Å²) in [7, 11) is 0. The number of hydrogen-bond acceptors (Lipinski definition) is 0. The third-order valence-electron chi connectivity index (χ3n) is 11.7. The van der Waals surface area contributed by atoms with Crippen LogP contribution in [0.2, 0.25) is 0 Å². The molecular weight excluding hydrogens is 673 g/mol. The zero-order valence-electron chi connectivity index (χ0n) is 30.8. The molecule has 0 heterocycles. The highest BCUT2D eigenvalue weighted by atomic mass is 14.2. The summed E-state index contributed by atoms with van der Waals surface area (Å²) in [4.78, 5) is 0. The van der Waals surface area contributed by atoms with Crippen LogP contribution < -0.4 is 0 Å². The Morgan fingerprint density at radius 3 is 0.768 bits per heavy atom. The lowest BCUT2D eigenvalue weighted by Crippen LogP contribution is -1.92. The monoisotopic (exact) mass is 708 g/mol. The first-order chi connectivity index (χ1) is 27.8. The fourth-order valence-corrected chi connectivity index (χ4v) is 9.27. The van der Waals surface area contributed by atoms with E-state index in [9.17, 15) is 0 Å². The van der Waals surface area contributed by atoms with Crippen LogP contribution in [0.4, 0.5) is 0 Å². The van der Waals surface area contributed by atoms with Crippen LogP contribution in [0.25, 0.3) is 109 Å². The van der Waals surface area contributed by atoms with Crippen molar-refractivity contribution in [2.24, 2.45) is 0 Å². The van der Waals surface area contributed by atoms with Crippen molar-refractivity contribution in [2.75, 3.05) is 0 Å². The summed E-state index contributed by atoms with van der Waals surface area (Å²) >= 11 is 0. The molecule has 0 unspecified atom stereocenters. The van der Waals surface area contributed by atoms with Crippen molar-refractivity contribution >= 4 is 53.9 Å². The molecule has 0 aliphatic heterocycles. The predicted molar refractivity (Wildman–Crippen MR) is 241 cm³/mol. The number of rotatable bonds is 5. The van der Waals surface area contributed by atoms with Gasteiger partial charge in [-0.1, -0.05) is 218 Å². The highest BCUT2D eigenvalue weighted by molar-refractivity contribution is 6.24. The molecule has 0 saturated heterocycles. The maximum Gasteiger partial charge on any atom is -0.00201 e. The molecule has 0 atom stereocenters. The Hall–Kier alpha value is -7.28. The highest BCUT2D eigenvalue weighted by Crippen LogP contribution is 2.47. The van der Waals surface area contributed by atoms with Crippen LogP contribution in [0.5, 0.6) is 0 Å². The zero-order valence-corrected chi connectivity index (χ0v) is 30.8. The molecule has 11 aromatic carbocycles. The van der Waals surface area contributed by atoms with Crippen LogP contribution in [-0.4, -0.2) is 0 Å². The number of fused-ring (bicyclic) bond motifs is 5. The molecule has 0 radical (unpaired) electrons. The molecule has 0 spiro atoms. The summed E-state index contributed by atoms with van der Waals surface area (Å²) in [5, 5.41) is 12.7. The van der Waals surface area contributed by atoms with Gasteiger partial charge >= 0.3 is 0 Å². The Bertz CT molecular complexity index is 3150. The standard InChI is InChI=1S/C56H36/c1-3-17-38(18-4-1)53-44-23-9-11-25-46(44)55(47-26-12-10-24-45(47)53)40-33-31-37(32-34-40)41-35-36-52(43-22-8-7-21-42(41)43)56-50-29-15-13-27-48(50)54(39-19-5-2-6-20-39)49-28-14-16-30-51(49)56/h1-36H. The summed E-state index contributed by atoms with van der Waals surface area (Å²) in [5.41, 5.74) is 12.5. The summed E-state index contributed by atoms with van der Waals surface area (Å²) in [6.45, 7) is 0. The van der Waals surface area contributed by atoms with Gasteiger partial charge < -0.3 is 0 Å². The van der Waals surface area contributed by atoms with E-state index < -0.39 is 0 Å². The maximum atomic E-state index is 2.35. The zero-order chi connectivity index (χ0) is 37.0. The van der Waals surface area contributed by atoms with E-state index in [2.05, 4.69) is 218 Å². The van der Waals surface area contributed by atoms with Crippen molar-refractivity contribution in [1.82, 2.24) is 0 Å². The lowest BCUT2D eigenvalue weighted by Gasteiger charge is -2.20. The Balaban J connectivity index is 1.09. The minimum absolute atomic E-state index is 1.21. The second-order valence-corrected chi connectivity index (χ2v) is 14.7. The summed E-state index contributed by atoms with van der Waals surface area (Å²) in [6.07, 6.45) is 0. The smallest absolute Gasteiger partial charge is 0.00201 e. The Morgan fingerprint density at radius 1 is 0.143 bits per heavy atom. The average Bonchev–Trinajstić information content (AvgIpc) is 3.28. The van der Waals surface area contributed by atoms with Crippen molar-refractivity contribution in [1.29, 1.82) is 0 Å². The molecule has 11 aromatic rings. The van der Waals surface area contributed by atoms with Gasteiger partial charge in [-0.2, -0.15) is 0 Å². The van der Waals surface area contributed by atoms with Crippen molar-refractivity contribution in [3.63, 3.8) is 0 Å². The largest absolute Gasteiger partial charge is 0.0622 e. The van der Waals surface area contributed by atoms with Crippen LogP contribution in [0, 0.1) is 0 Å². The third-order valence-corrected chi connectivity index (χ3v) is 11.7. The van der Waals surface area contributed by atoms with E-state index in [1.807, 2.05) is 0 Å². The summed E-state index contributed by atoms with van der Waals surface area (Å²) < 4.78 is 0. The Morgan fingerprint density at radius 2 is 0.393 bits per heavy atom. The molecular formula is C56H36. The molecule has 0 heteroatoms. The fraction of sp³-hybridized carbons (Fsp3) is 0. The first-order valence-electron chi connectivity index (χ1n) is 19.4.